The summed E-state index contributed by atoms with van der Waals surface area (Å²) in [6.07, 6.45) is 0. The molecule has 9 heteroatoms. The van der Waals surface area contributed by atoms with Gasteiger partial charge in [0.2, 0.25) is 0 Å². The van der Waals surface area contributed by atoms with Gasteiger partial charge in [0, 0.05) is 36.0 Å². The first-order chi connectivity index (χ1) is 16.6. The van der Waals surface area contributed by atoms with Gasteiger partial charge < -0.3 is 9.64 Å². The topological polar surface area (TPSA) is 81.5 Å². The number of hydrogen-bond donors (Lipinski definition) is 1. The molecule has 176 valence electrons. The second-order valence-corrected chi connectivity index (χ2v) is 9.95. The number of aryl methyl sites for hydroxylation is 1. The summed E-state index contributed by atoms with van der Waals surface area (Å²) in [5, 5.41) is 9.90. The normalized spacial score (nSPS) is 13.9. The molecule has 0 spiro atoms. The maximum atomic E-state index is 12.9. The number of hydrogen-bond acceptors (Lipinski definition) is 8. The van der Waals surface area contributed by atoms with Crippen LogP contribution in [0.3, 0.4) is 0 Å². The van der Waals surface area contributed by atoms with E-state index in [0.29, 0.717) is 17.8 Å². The minimum Gasteiger partial charge on any atom is -0.379 e. The van der Waals surface area contributed by atoms with Crippen molar-refractivity contribution in [2.45, 2.75) is 13.5 Å². The first-order valence-corrected chi connectivity index (χ1v) is 13.0. The Kier molecular flexibility index (Phi) is 8.55. The molecule has 4 rings (SSSR count). The summed E-state index contributed by atoms with van der Waals surface area (Å²) in [5.41, 5.74) is 3.10. The zero-order valence-electron chi connectivity index (χ0n) is 19.1. The SMILES string of the molecule is Cc1sc(N(Cc2ccccc2)c2ccc(C#N)cc2)nc1C(=O)NSCCN1CCOCC1. The van der Waals surface area contributed by atoms with Crippen LogP contribution >= 0.6 is 23.3 Å². The third-order valence-electron chi connectivity index (χ3n) is 5.50. The monoisotopic (exact) mass is 493 g/mol. The summed E-state index contributed by atoms with van der Waals surface area (Å²) in [6.45, 7) is 6.88. The van der Waals surface area contributed by atoms with Crippen LogP contribution in [0.5, 0.6) is 0 Å². The lowest BCUT2D eigenvalue weighted by molar-refractivity contribution is 0.0410. The number of ether oxygens (including phenoxy) is 1. The number of thiazole rings is 1. The summed E-state index contributed by atoms with van der Waals surface area (Å²) in [4.78, 5) is 22.9. The van der Waals surface area contributed by atoms with Gasteiger partial charge >= 0.3 is 0 Å². The fourth-order valence-corrected chi connectivity index (χ4v) is 5.23. The highest BCUT2D eigenvalue weighted by atomic mass is 32.2. The van der Waals surface area contributed by atoms with Gasteiger partial charge in [0.1, 0.15) is 5.69 Å². The average molecular weight is 494 g/mol. The second-order valence-electron chi connectivity index (χ2n) is 7.87. The van der Waals surface area contributed by atoms with Gasteiger partial charge in [-0.3, -0.25) is 14.4 Å². The van der Waals surface area contributed by atoms with E-state index in [1.165, 1.54) is 23.3 Å². The minimum absolute atomic E-state index is 0.175. The third-order valence-corrected chi connectivity index (χ3v) is 7.21. The molecule has 1 aliphatic rings. The van der Waals surface area contributed by atoms with Crippen LogP contribution in [0.4, 0.5) is 10.8 Å². The van der Waals surface area contributed by atoms with Crippen LogP contribution in [0.25, 0.3) is 0 Å². The summed E-state index contributed by atoms with van der Waals surface area (Å²) < 4.78 is 8.32. The van der Waals surface area contributed by atoms with Gasteiger partial charge in [-0.2, -0.15) is 5.26 Å². The molecule has 0 unspecified atom stereocenters. The average Bonchev–Trinajstić information content (AvgIpc) is 3.27. The van der Waals surface area contributed by atoms with E-state index in [1.807, 2.05) is 37.3 Å². The van der Waals surface area contributed by atoms with Crippen molar-refractivity contribution in [3.63, 3.8) is 0 Å². The second kappa shape index (κ2) is 12.0. The van der Waals surface area contributed by atoms with E-state index in [1.54, 1.807) is 12.1 Å². The van der Waals surface area contributed by atoms with Gasteiger partial charge in [0.15, 0.2) is 5.13 Å². The summed E-state index contributed by atoms with van der Waals surface area (Å²) in [7, 11) is 0. The molecule has 1 aromatic heterocycles. The maximum absolute atomic E-state index is 12.9. The Balaban J connectivity index is 1.46. The van der Waals surface area contributed by atoms with E-state index in [9.17, 15) is 4.79 Å². The molecule has 1 fully saturated rings. The predicted octanol–water partition coefficient (Wildman–Crippen LogP) is 4.37. The van der Waals surface area contributed by atoms with Gasteiger partial charge in [0.25, 0.3) is 5.91 Å². The van der Waals surface area contributed by atoms with Crippen molar-refractivity contribution < 1.29 is 9.53 Å². The molecule has 2 heterocycles. The smallest absolute Gasteiger partial charge is 0.280 e. The fraction of sp³-hybridized carbons (Fsp3) is 0.320. The molecule has 7 nitrogen and oxygen atoms in total. The molecule has 1 N–H and O–H groups in total. The molecule has 34 heavy (non-hydrogen) atoms. The Bertz CT molecular complexity index is 1120. The van der Waals surface area contributed by atoms with Crippen molar-refractivity contribution in [2.24, 2.45) is 0 Å². The molecular weight excluding hydrogens is 466 g/mol. The van der Waals surface area contributed by atoms with E-state index in [4.69, 9.17) is 15.0 Å². The largest absolute Gasteiger partial charge is 0.379 e. The molecule has 1 aliphatic heterocycles. The molecule has 1 amide bonds. The molecule has 1 saturated heterocycles. The number of morpholine rings is 1. The lowest BCUT2D eigenvalue weighted by Gasteiger charge is -2.26. The van der Waals surface area contributed by atoms with Crippen LogP contribution in [0.15, 0.2) is 54.6 Å². The van der Waals surface area contributed by atoms with Crippen LogP contribution in [0.2, 0.25) is 0 Å². The number of anilines is 2. The van der Waals surface area contributed by atoms with Gasteiger partial charge in [-0.25, -0.2) is 4.98 Å². The van der Waals surface area contributed by atoms with Crippen molar-refractivity contribution in [1.29, 1.82) is 5.26 Å². The standard InChI is InChI=1S/C25H27N5O2S2/c1-19-23(24(31)28-33-16-13-29-11-14-32-15-12-29)27-25(34-19)30(18-21-5-3-2-4-6-21)22-9-7-20(17-26)8-10-22/h2-10H,11-16,18H2,1H3,(H,28,31). The molecule has 0 radical (unpaired) electrons. The van der Waals surface area contributed by atoms with E-state index < -0.39 is 0 Å². The Labute approximate surface area is 208 Å². The first kappa shape index (κ1) is 24.2. The molecule has 0 bridgehead atoms. The van der Waals surface area contributed by atoms with E-state index in [0.717, 1.165) is 59.9 Å². The van der Waals surface area contributed by atoms with Crippen molar-refractivity contribution >= 4 is 40.0 Å². The molecule has 0 aliphatic carbocycles. The van der Waals surface area contributed by atoms with Crippen LogP contribution < -0.4 is 9.62 Å². The number of carbonyl (C=O) groups excluding carboxylic acids is 1. The predicted molar refractivity (Wildman–Crippen MR) is 137 cm³/mol. The third kappa shape index (κ3) is 6.36. The van der Waals surface area contributed by atoms with Crippen molar-refractivity contribution in [1.82, 2.24) is 14.6 Å². The number of rotatable bonds is 9. The first-order valence-electron chi connectivity index (χ1n) is 11.2. The number of nitriles is 1. The Morgan fingerprint density at radius 1 is 1.21 bits per heavy atom. The molecule has 0 saturated carbocycles. The van der Waals surface area contributed by atoms with Crippen molar-refractivity contribution in [3.8, 4) is 6.07 Å². The molecule has 2 aromatic carbocycles. The maximum Gasteiger partial charge on any atom is 0.280 e. The van der Waals surface area contributed by atoms with Gasteiger partial charge in [-0.1, -0.05) is 30.3 Å². The zero-order valence-corrected chi connectivity index (χ0v) is 20.7. The van der Waals surface area contributed by atoms with Crippen LogP contribution in [0.1, 0.15) is 26.5 Å². The zero-order chi connectivity index (χ0) is 23.8. The Morgan fingerprint density at radius 3 is 2.65 bits per heavy atom. The van der Waals surface area contributed by atoms with Crippen molar-refractivity contribution in [3.05, 3.63) is 76.3 Å². The lowest BCUT2D eigenvalue weighted by atomic mass is 10.2. The quantitative estimate of drug-likeness (QED) is 0.350. The van der Waals surface area contributed by atoms with Crippen LogP contribution in [-0.2, 0) is 11.3 Å². The number of benzene rings is 2. The number of nitrogens with zero attached hydrogens (tertiary/aromatic N) is 4. The van der Waals surface area contributed by atoms with Crippen LogP contribution in [0, 0.1) is 18.3 Å². The van der Waals surface area contributed by atoms with E-state index in [2.05, 4.69) is 32.7 Å². The molecule has 0 atom stereocenters. The Hall–Kier alpha value is -2.90. The van der Waals surface area contributed by atoms with E-state index >= 15 is 0 Å². The van der Waals surface area contributed by atoms with E-state index in [-0.39, 0.29) is 5.91 Å². The molecular formula is C25H27N5O2S2. The fourth-order valence-electron chi connectivity index (χ4n) is 3.62. The highest BCUT2D eigenvalue weighted by molar-refractivity contribution is 7.97. The summed E-state index contributed by atoms with van der Waals surface area (Å²) in [5.74, 6) is 0.638. The number of nitrogens with one attached hydrogen (secondary N) is 1. The number of aromatic nitrogens is 1. The Morgan fingerprint density at radius 2 is 1.94 bits per heavy atom. The highest BCUT2D eigenvalue weighted by Gasteiger charge is 2.21. The summed E-state index contributed by atoms with van der Waals surface area (Å²) in [6, 6.07) is 19.7. The van der Waals surface area contributed by atoms with Crippen LogP contribution in [-0.4, -0.2) is 54.4 Å². The van der Waals surface area contributed by atoms with Gasteiger partial charge in [0.05, 0.1) is 31.4 Å². The minimum atomic E-state index is -0.175. The van der Waals surface area contributed by atoms with Crippen molar-refractivity contribution in [2.75, 3.05) is 43.5 Å². The highest BCUT2D eigenvalue weighted by Crippen LogP contribution is 2.33. The number of carbonyl (C=O) groups is 1. The summed E-state index contributed by atoms with van der Waals surface area (Å²) >= 11 is 2.91. The van der Waals surface area contributed by atoms with Gasteiger partial charge in [-0.15, -0.1) is 11.3 Å². The lowest BCUT2D eigenvalue weighted by Crippen LogP contribution is -2.38. The van der Waals surface area contributed by atoms with Gasteiger partial charge in [-0.05, 0) is 48.7 Å². The molecule has 3 aromatic rings. The number of amides is 1.